The highest BCUT2D eigenvalue weighted by Crippen LogP contribution is 2.21. The van der Waals surface area contributed by atoms with E-state index >= 15 is 0 Å². The highest BCUT2D eigenvalue weighted by molar-refractivity contribution is 7.89. The first kappa shape index (κ1) is 16.6. The molecule has 0 aliphatic rings. The first-order valence-corrected chi connectivity index (χ1v) is 8.61. The number of benzene rings is 1. The Balaban J connectivity index is 2.42. The lowest BCUT2D eigenvalue weighted by Crippen LogP contribution is -2.39. The van der Waals surface area contributed by atoms with E-state index in [4.69, 9.17) is 0 Å². The van der Waals surface area contributed by atoms with E-state index in [0.717, 1.165) is 0 Å². The number of hydrogen-bond donors (Lipinski definition) is 0. The Kier molecular flexibility index (Phi) is 4.92. The minimum Gasteiger partial charge on any atom is -0.207 e. The summed E-state index contributed by atoms with van der Waals surface area (Å²) in [4.78, 5) is 0.245. The number of rotatable bonds is 6. The van der Waals surface area contributed by atoms with Crippen LogP contribution in [0.25, 0.3) is 5.69 Å². The van der Waals surface area contributed by atoms with Crippen molar-refractivity contribution >= 4 is 10.0 Å². The summed E-state index contributed by atoms with van der Waals surface area (Å²) in [5.41, 5.74) is 0.610. The first-order chi connectivity index (χ1) is 10.3. The van der Waals surface area contributed by atoms with Crippen molar-refractivity contribution in [3.8, 4) is 5.69 Å². The van der Waals surface area contributed by atoms with Gasteiger partial charge in [-0.2, -0.15) is 4.31 Å². The molecule has 0 saturated heterocycles. The van der Waals surface area contributed by atoms with Crippen LogP contribution in [0, 0.1) is 5.92 Å². The third-order valence-electron chi connectivity index (χ3n) is 3.16. The Morgan fingerprint density at radius 2 is 1.95 bits per heavy atom. The maximum Gasteiger partial charge on any atom is 0.243 e. The van der Waals surface area contributed by atoms with Crippen LogP contribution in [0.2, 0.25) is 0 Å². The van der Waals surface area contributed by atoms with Gasteiger partial charge in [-0.25, -0.2) is 13.1 Å². The molecule has 2 aromatic rings. The van der Waals surface area contributed by atoms with Gasteiger partial charge in [0.2, 0.25) is 10.0 Å². The summed E-state index contributed by atoms with van der Waals surface area (Å²) in [6.45, 7) is 8.25. The standard InChI is InChI=1S/C14H21N5O2S/c1-11(2)9-19(12(3)4)22(20,21)14-7-5-6-13(8-14)18-10-15-16-17-18/h5-8,10-12H,9H2,1-4H3. The lowest BCUT2D eigenvalue weighted by atomic mass is 10.2. The van der Waals surface area contributed by atoms with Crippen LogP contribution < -0.4 is 0 Å². The molecule has 1 aromatic heterocycles. The molecule has 0 amide bonds. The van der Waals surface area contributed by atoms with Crippen molar-refractivity contribution in [3.05, 3.63) is 30.6 Å². The van der Waals surface area contributed by atoms with Crippen molar-refractivity contribution in [2.75, 3.05) is 6.54 Å². The monoisotopic (exact) mass is 323 g/mol. The molecule has 0 atom stereocenters. The molecule has 2 rings (SSSR count). The molecule has 7 nitrogen and oxygen atoms in total. The molecule has 0 bridgehead atoms. The molecule has 22 heavy (non-hydrogen) atoms. The molecule has 0 N–H and O–H groups in total. The lowest BCUT2D eigenvalue weighted by Gasteiger charge is -2.27. The second-order valence-electron chi connectivity index (χ2n) is 5.81. The van der Waals surface area contributed by atoms with Crippen LogP contribution in [-0.4, -0.2) is 45.5 Å². The van der Waals surface area contributed by atoms with Gasteiger partial charge in [0.25, 0.3) is 0 Å². The van der Waals surface area contributed by atoms with Crippen LogP contribution in [0.5, 0.6) is 0 Å². The van der Waals surface area contributed by atoms with Gasteiger partial charge in [-0.3, -0.25) is 0 Å². The number of aromatic nitrogens is 4. The summed E-state index contributed by atoms with van der Waals surface area (Å²) in [5, 5.41) is 10.9. The second-order valence-corrected chi connectivity index (χ2v) is 7.70. The van der Waals surface area contributed by atoms with Crippen LogP contribution in [-0.2, 0) is 10.0 Å². The largest absolute Gasteiger partial charge is 0.243 e. The van der Waals surface area contributed by atoms with E-state index in [0.29, 0.717) is 12.2 Å². The lowest BCUT2D eigenvalue weighted by molar-refractivity contribution is 0.319. The predicted octanol–water partition coefficient (Wildman–Crippen LogP) is 1.72. The fourth-order valence-corrected chi connectivity index (χ4v) is 3.99. The maximum absolute atomic E-state index is 12.9. The Morgan fingerprint density at radius 3 is 2.50 bits per heavy atom. The minimum atomic E-state index is -3.56. The van der Waals surface area contributed by atoms with E-state index < -0.39 is 10.0 Å². The smallest absolute Gasteiger partial charge is 0.207 e. The summed E-state index contributed by atoms with van der Waals surface area (Å²) < 4.78 is 28.7. The van der Waals surface area contributed by atoms with Crippen LogP contribution >= 0.6 is 0 Å². The van der Waals surface area contributed by atoms with Gasteiger partial charge in [-0.05, 0) is 48.4 Å². The third-order valence-corrected chi connectivity index (χ3v) is 5.20. The van der Waals surface area contributed by atoms with Gasteiger partial charge >= 0.3 is 0 Å². The average molecular weight is 323 g/mol. The van der Waals surface area contributed by atoms with Gasteiger partial charge in [0.1, 0.15) is 6.33 Å². The maximum atomic E-state index is 12.9. The van der Waals surface area contributed by atoms with Crippen molar-refractivity contribution in [2.24, 2.45) is 5.92 Å². The van der Waals surface area contributed by atoms with Gasteiger partial charge in [-0.1, -0.05) is 19.9 Å². The minimum absolute atomic E-state index is 0.107. The van der Waals surface area contributed by atoms with Gasteiger partial charge in [0.15, 0.2) is 0 Å². The van der Waals surface area contributed by atoms with Crippen molar-refractivity contribution < 1.29 is 8.42 Å². The summed E-state index contributed by atoms with van der Waals surface area (Å²) in [6.07, 6.45) is 1.43. The Bertz CT molecular complexity index is 711. The molecule has 120 valence electrons. The van der Waals surface area contributed by atoms with Crippen molar-refractivity contribution in [1.82, 2.24) is 24.5 Å². The second kappa shape index (κ2) is 6.53. The van der Waals surface area contributed by atoms with E-state index in [-0.39, 0.29) is 16.9 Å². The molecule has 1 aromatic carbocycles. The Morgan fingerprint density at radius 1 is 1.23 bits per heavy atom. The van der Waals surface area contributed by atoms with Gasteiger partial charge in [-0.15, -0.1) is 5.10 Å². The van der Waals surface area contributed by atoms with E-state index in [1.54, 1.807) is 24.3 Å². The van der Waals surface area contributed by atoms with Crippen LogP contribution in [0.3, 0.4) is 0 Å². The summed E-state index contributed by atoms with van der Waals surface area (Å²) >= 11 is 0. The normalized spacial score (nSPS) is 12.5. The van der Waals surface area contributed by atoms with Crippen LogP contribution in [0.1, 0.15) is 27.7 Å². The number of hydrogen-bond acceptors (Lipinski definition) is 5. The first-order valence-electron chi connectivity index (χ1n) is 7.17. The molecule has 0 aliphatic carbocycles. The molecule has 0 unspecified atom stereocenters. The molecular formula is C14H21N5O2S. The van der Waals surface area contributed by atoms with Crippen molar-refractivity contribution in [3.63, 3.8) is 0 Å². The molecule has 0 spiro atoms. The van der Waals surface area contributed by atoms with Crippen LogP contribution in [0.4, 0.5) is 0 Å². The molecule has 1 heterocycles. The molecule has 0 saturated carbocycles. The highest BCUT2D eigenvalue weighted by atomic mass is 32.2. The zero-order valence-corrected chi connectivity index (χ0v) is 14.0. The molecule has 0 radical (unpaired) electrons. The summed E-state index contributed by atoms with van der Waals surface area (Å²) in [5.74, 6) is 0.250. The van der Waals surface area contributed by atoms with Crippen molar-refractivity contribution in [1.29, 1.82) is 0 Å². The van der Waals surface area contributed by atoms with Gasteiger partial charge in [0, 0.05) is 12.6 Å². The number of nitrogens with zero attached hydrogens (tertiary/aromatic N) is 5. The Labute approximate surface area is 131 Å². The zero-order chi connectivity index (χ0) is 16.3. The highest BCUT2D eigenvalue weighted by Gasteiger charge is 2.27. The molecule has 0 fully saturated rings. The summed E-state index contributed by atoms with van der Waals surface area (Å²) in [7, 11) is -3.56. The zero-order valence-electron chi connectivity index (χ0n) is 13.2. The van der Waals surface area contributed by atoms with E-state index in [2.05, 4.69) is 15.5 Å². The quantitative estimate of drug-likeness (QED) is 0.808. The van der Waals surface area contributed by atoms with E-state index in [1.165, 1.54) is 15.3 Å². The van der Waals surface area contributed by atoms with Gasteiger partial charge in [0.05, 0.1) is 10.6 Å². The fourth-order valence-electron chi connectivity index (χ4n) is 2.15. The van der Waals surface area contributed by atoms with Crippen molar-refractivity contribution in [2.45, 2.75) is 38.6 Å². The number of tetrazole rings is 1. The molecular weight excluding hydrogens is 302 g/mol. The predicted molar refractivity (Wildman–Crippen MR) is 83.0 cm³/mol. The Hall–Kier alpha value is -1.80. The summed E-state index contributed by atoms with van der Waals surface area (Å²) in [6, 6.07) is 6.53. The topological polar surface area (TPSA) is 81.0 Å². The number of sulfonamides is 1. The van der Waals surface area contributed by atoms with E-state index in [1.807, 2.05) is 27.7 Å². The fraction of sp³-hybridized carbons (Fsp3) is 0.500. The molecule has 0 aliphatic heterocycles. The molecule has 8 heteroatoms. The SMILES string of the molecule is CC(C)CN(C(C)C)S(=O)(=O)c1cccc(-n2cnnn2)c1. The third kappa shape index (κ3) is 3.50. The average Bonchev–Trinajstić information content (AvgIpc) is 2.98. The van der Waals surface area contributed by atoms with E-state index in [9.17, 15) is 8.42 Å². The van der Waals surface area contributed by atoms with Crippen LogP contribution in [0.15, 0.2) is 35.5 Å². The van der Waals surface area contributed by atoms with Gasteiger partial charge < -0.3 is 0 Å².